The van der Waals surface area contributed by atoms with E-state index in [9.17, 15) is 4.79 Å². The van der Waals surface area contributed by atoms with Crippen LogP contribution >= 0.6 is 11.6 Å². The molecule has 0 saturated heterocycles. The number of carbonyl (C=O) groups is 1. The highest BCUT2D eigenvalue weighted by molar-refractivity contribution is 6.30. The molecular formula is C21H19ClN2O3. The van der Waals surface area contributed by atoms with Gasteiger partial charge in [-0.3, -0.25) is 4.79 Å². The van der Waals surface area contributed by atoms with Gasteiger partial charge in [0.15, 0.2) is 11.5 Å². The number of aromatic nitrogens is 1. The molecule has 27 heavy (non-hydrogen) atoms. The molecule has 0 spiro atoms. The lowest BCUT2D eigenvalue weighted by Crippen LogP contribution is -2.27. The maximum atomic E-state index is 12.2. The number of benzene rings is 2. The van der Waals surface area contributed by atoms with Crippen molar-refractivity contribution in [2.24, 2.45) is 0 Å². The van der Waals surface area contributed by atoms with Crippen molar-refractivity contribution in [3.8, 4) is 11.5 Å². The molecule has 0 fully saturated rings. The van der Waals surface area contributed by atoms with Crippen LogP contribution in [0.1, 0.15) is 23.6 Å². The Morgan fingerprint density at radius 1 is 1.11 bits per heavy atom. The molecule has 0 aliphatic carbocycles. The van der Waals surface area contributed by atoms with Gasteiger partial charge in [0.05, 0.1) is 5.52 Å². The first-order valence-corrected chi connectivity index (χ1v) is 9.07. The molecule has 1 aliphatic rings. The molecule has 4 rings (SSSR count). The Bertz CT molecular complexity index is 1020. The second-order valence-electron chi connectivity index (χ2n) is 6.70. The molecule has 0 atom stereocenters. The van der Waals surface area contributed by atoms with Gasteiger partial charge >= 0.3 is 0 Å². The second-order valence-corrected chi connectivity index (χ2v) is 7.06. The molecule has 0 saturated carbocycles. The third-order valence-corrected chi connectivity index (χ3v) is 4.96. The lowest BCUT2D eigenvalue weighted by molar-refractivity contribution is -0.130. The van der Waals surface area contributed by atoms with Gasteiger partial charge < -0.3 is 14.4 Å². The van der Waals surface area contributed by atoms with Crippen LogP contribution in [0.25, 0.3) is 10.9 Å². The number of ether oxygens (including phenoxy) is 2. The summed E-state index contributed by atoms with van der Waals surface area (Å²) in [7, 11) is 0. The van der Waals surface area contributed by atoms with Crippen LogP contribution in [0, 0.1) is 6.92 Å². The van der Waals surface area contributed by atoms with E-state index in [4.69, 9.17) is 21.1 Å². The van der Waals surface area contributed by atoms with Crippen LogP contribution in [0.15, 0.2) is 42.5 Å². The summed E-state index contributed by atoms with van der Waals surface area (Å²) in [6.45, 7) is 4.72. The molecule has 138 valence electrons. The van der Waals surface area contributed by atoms with Crippen LogP contribution < -0.4 is 9.47 Å². The van der Waals surface area contributed by atoms with Gasteiger partial charge in [0.25, 0.3) is 0 Å². The molecule has 2 heterocycles. The first-order valence-electron chi connectivity index (χ1n) is 8.69. The van der Waals surface area contributed by atoms with Gasteiger partial charge in [-0.25, -0.2) is 4.98 Å². The highest BCUT2D eigenvalue weighted by atomic mass is 35.5. The number of rotatable bonds is 4. The van der Waals surface area contributed by atoms with Gasteiger partial charge in [-0.1, -0.05) is 41.4 Å². The average Bonchev–Trinajstić information content (AvgIpc) is 3.08. The first-order chi connectivity index (χ1) is 13.0. The minimum Gasteiger partial charge on any atom is -0.454 e. The van der Waals surface area contributed by atoms with Crippen LogP contribution in [0.5, 0.6) is 11.5 Å². The number of hydrogen-bond donors (Lipinski definition) is 0. The standard InChI is InChI=1S/C21H19ClN2O3/c1-13-3-5-15(6-4-13)10-24(14(2)25)11-17-7-16-8-19-20(27-12-26-19)9-18(16)23-21(17)22/h3-9H,10-12H2,1-2H3. The van der Waals surface area contributed by atoms with E-state index in [0.717, 1.165) is 22.0 Å². The van der Waals surface area contributed by atoms with E-state index in [1.165, 1.54) is 5.56 Å². The number of hydrogen-bond acceptors (Lipinski definition) is 4. The van der Waals surface area contributed by atoms with Crippen LogP contribution in [0.2, 0.25) is 5.15 Å². The third-order valence-electron chi connectivity index (χ3n) is 4.64. The van der Waals surface area contributed by atoms with Crippen molar-refractivity contribution in [2.75, 3.05) is 6.79 Å². The lowest BCUT2D eigenvalue weighted by Gasteiger charge is -2.22. The van der Waals surface area contributed by atoms with Gasteiger partial charge in [-0.2, -0.15) is 0 Å². The van der Waals surface area contributed by atoms with Crippen molar-refractivity contribution in [3.63, 3.8) is 0 Å². The summed E-state index contributed by atoms with van der Waals surface area (Å²) in [5.74, 6) is 1.35. The maximum Gasteiger partial charge on any atom is 0.231 e. The highest BCUT2D eigenvalue weighted by Crippen LogP contribution is 2.36. The summed E-state index contributed by atoms with van der Waals surface area (Å²) in [5.41, 5.74) is 3.80. The number of fused-ring (bicyclic) bond motifs is 2. The number of halogens is 1. The van der Waals surface area contributed by atoms with E-state index in [1.807, 2.05) is 49.4 Å². The van der Waals surface area contributed by atoms with E-state index in [0.29, 0.717) is 29.7 Å². The first kappa shape index (κ1) is 17.6. The fourth-order valence-electron chi connectivity index (χ4n) is 3.09. The maximum absolute atomic E-state index is 12.2. The fourth-order valence-corrected chi connectivity index (χ4v) is 3.30. The normalized spacial score (nSPS) is 12.4. The Kier molecular flexibility index (Phi) is 4.62. The molecule has 0 unspecified atom stereocenters. The zero-order chi connectivity index (χ0) is 19.0. The summed E-state index contributed by atoms with van der Waals surface area (Å²) in [6, 6.07) is 13.8. The van der Waals surface area contributed by atoms with Crippen molar-refractivity contribution in [1.29, 1.82) is 0 Å². The predicted octanol–water partition coefficient (Wildman–Crippen LogP) is 4.47. The number of nitrogens with zero attached hydrogens (tertiary/aromatic N) is 2. The summed E-state index contributed by atoms with van der Waals surface area (Å²) in [4.78, 5) is 18.4. The average molecular weight is 383 g/mol. The minimum atomic E-state index is -0.0163. The number of carbonyl (C=O) groups excluding carboxylic acids is 1. The fraction of sp³-hybridized carbons (Fsp3) is 0.238. The molecule has 6 heteroatoms. The van der Waals surface area contributed by atoms with Gasteiger partial charge in [-0.05, 0) is 24.6 Å². The van der Waals surface area contributed by atoms with Gasteiger partial charge in [0, 0.05) is 37.0 Å². The topological polar surface area (TPSA) is 51.7 Å². The summed E-state index contributed by atoms with van der Waals surface area (Å²) in [6.07, 6.45) is 0. The van der Waals surface area contributed by atoms with Crippen molar-refractivity contribution in [2.45, 2.75) is 26.9 Å². The van der Waals surface area contributed by atoms with E-state index in [2.05, 4.69) is 4.98 Å². The number of pyridine rings is 1. The van der Waals surface area contributed by atoms with Crippen LogP contribution in [-0.4, -0.2) is 22.6 Å². The molecule has 1 amide bonds. The van der Waals surface area contributed by atoms with Crippen molar-refractivity contribution in [3.05, 3.63) is 64.3 Å². The van der Waals surface area contributed by atoms with E-state index < -0.39 is 0 Å². The van der Waals surface area contributed by atoms with Gasteiger partial charge in [0.2, 0.25) is 12.7 Å². The highest BCUT2D eigenvalue weighted by Gasteiger charge is 2.18. The third kappa shape index (κ3) is 3.69. The smallest absolute Gasteiger partial charge is 0.231 e. The van der Waals surface area contributed by atoms with Crippen LogP contribution in [0.4, 0.5) is 0 Å². The quantitative estimate of drug-likeness (QED) is 0.624. The van der Waals surface area contributed by atoms with Gasteiger partial charge in [0.1, 0.15) is 5.15 Å². The molecule has 0 radical (unpaired) electrons. The largest absolute Gasteiger partial charge is 0.454 e. The second kappa shape index (κ2) is 7.08. The Balaban J connectivity index is 1.63. The number of aryl methyl sites for hydroxylation is 1. The van der Waals surface area contributed by atoms with E-state index in [-0.39, 0.29) is 12.7 Å². The SMILES string of the molecule is CC(=O)N(Cc1ccc(C)cc1)Cc1cc2cc3c(cc2nc1Cl)OCO3. The van der Waals surface area contributed by atoms with Crippen molar-refractivity contribution in [1.82, 2.24) is 9.88 Å². The van der Waals surface area contributed by atoms with E-state index in [1.54, 1.807) is 11.8 Å². The zero-order valence-corrected chi connectivity index (χ0v) is 15.9. The molecule has 5 nitrogen and oxygen atoms in total. The zero-order valence-electron chi connectivity index (χ0n) is 15.2. The lowest BCUT2D eigenvalue weighted by atomic mass is 10.1. The van der Waals surface area contributed by atoms with Crippen LogP contribution in [0.3, 0.4) is 0 Å². The molecular weight excluding hydrogens is 364 g/mol. The van der Waals surface area contributed by atoms with Crippen molar-refractivity contribution < 1.29 is 14.3 Å². The summed E-state index contributed by atoms with van der Waals surface area (Å²) >= 11 is 6.41. The molecule has 1 aliphatic heterocycles. The molecule has 0 N–H and O–H groups in total. The molecule has 0 bridgehead atoms. The van der Waals surface area contributed by atoms with Crippen molar-refractivity contribution >= 4 is 28.4 Å². The summed E-state index contributed by atoms with van der Waals surface area (Å²) in [5, 5.41) is 1.29. The minimum absolute atomic E-state index is 0.0163. The number of amides is 1. The molecule has 2 aromatic carbocycles. The predicted molar refractivity (Wildman–Crippen MR) is 104 cm³/mol. The Morgan fingerprint density at radius 3 is 2.52 bits per heavy atom. The monoisotopic (exact) mass is 382 g/mol. The Hall–Kier alpha value is -2.79. The molecule has 3 aromatic rings. The van der Waals surface area contributed by atoms with E-state index >= 15 is 0 Å². The van der Waals surface area contributed by atoms with Gasteiger partial charge in [-0.15, -0.1) is 0 Å². The summed E-state index contributed by atoms with van der Waals surface area (Å²) < 4.78 is 10.8. The van der Waals surface area contributed by atoms with Crippen LogP contribution in [-0.2, 0) is 17.9 Å². The Morgan fingerprint density at radius 2 is 1.81 bits per heavy atom. The Labute approximate surface area is 162 Å². The molecule has 1 aromatic heterocycles.